The predicted octanol–water partition coefficient (Wildman–Crippen LogP) is 2.99. The maximum atomic E-state index is 12.2. The second-order valence-electron chi connectivity index (χ2n) is 5.46. The Kier molecular flexibility index (Phi) is 5.25. The molecule has 3 N–H and O–H groups in total. The molecule has 0 spiro atoms. The molecule has 1 fully saturated rings. The summed E-state index contributed by atoms with van der Waals surface area (Å²) >= 11 is 0. The summed E-state index contributed by atoms with van der Waals surface area (Å²) in [7, 11) is 0. The molecule has 2 amide bonds. The lowest BCUT2D eigenvalue weighted by Gasteiger charge is -2.33. The van der Waals surface area contributed by atoms with Gasteiger partial charge in [0.1, 0.15) is 11.3 Å². The number of carbonyl (C=O) groups is 2. The lowest BCUT2D eigenvalue weighted by atomic mass is 9.82. The van der Waals surface area contributed by atoms with E-state index < -0.39 is 17.5 Å². The van der Waals surface area contributed by atoms with Crippen LogP contribution in [0.15, 0.2) is 24.3 Å². The van der Waals surface area contributed by atoms with Gasteiger partial charge in [-0.05, 0) is 31.9 Å². The Morgan fingerprint density at radius 3 is 2.55 bits per heavy atom. The lowest BCUT2D eigenvalue weighted by Crippen LogP contribution is -2.56. The molecule has 1 aromatic carbocycles. The minimum absolute atomic E-state index is 0.461. The van der Waals surface area contributed by atoms with Gasteiger partial charge in [0, 0.05) is 0 Å². The monoisotopic (exact) mass is 306 g/mol. The molecule has 6 nitrogen and oxygen atoms in total. The summed E-state index contributed by atoms with van der Waals surface area (Å²) in [5.41, 5.74) is -0.638. The number of amides is 2. The van der Waals surface area contributed by atoms with Gasteiger partial charge in [0.2, 0.25) is 0 Å². The topological polar surface area (TPSA) is 87.7 Å². The van der Waals surface area contributed by atoms with Crippen LogP contribution in [0.2, 0.25) is 0 Å². The van der Waals surface area contributed by atoms with Crippen LogP contribution in [0.1, 0.15) is 39.0 Å². The maximum Gasteiger partial charge on any atom is 0.329 e. The molecule has 0 unspecified atom stereocenters. The van der Waals surface area contributed by atoms with Crippen molar-refractivity contribution in [3.8, 4) is 5.75 Å². The first-order chi connectivity index (χ1) is 10.6. The van der Waals surface area contributed by atoms with Crippen molar-refractivity contribution in [1.29, 1.82) is 0 Å². The number of ether oxygens (including phenoxy) is 1. The summed E-state index contributed by atoms with van der Waals surface area (Å²) in [6.07, 6.45) is 3.54. The number of para-hydroxylation sites is 2. The van der Waals surface area contributed by atoms with Gasteiger partial charge in [0.05, 0.1) is 12.3 Å². The van der Waals surface area contributed by atoms with E-state index in [0.717, 1.165) is 19.3 Å². The average Bonchev–Trinajstić information content (AvgIpc) is 2.50. The number of benzene rings is 1. The second kappa shape index (κ2) is 7.15. The van der Waals surface area contributed by atoms with E-state index in [-0.39, 0.29) is 0 Å². The Morgan fingerprint density at radius 2 is 1.91 bits per heavy atom. The molecule has 1 aliphatic carbocycles. The van der Waals surface area contributed by atoms with Gasteiger partial charge >= 0.3 is 12.0 Å². The fraction of sp³-hybridized carbons (Fsp3) is 0.500. The molecule has 0 heterocycles. The predicted molar refractivity (Wildman–Crippen MR) is 83.2 cm³/mol. The van der Waals surface area contributed by atoms with Crippen molar-refractivity contribution in [3.05, 3.63) is 24.3 Å². The van der Waals surface area contributed by atoms with Crippen LogP contribution in [0.3, 0.4) is 0 Å². The quantitative estimate of drug-likeness (QED) is 0.780. The molecule has 0 radical (unpaired) electrons. The number of carbonyl (C=O) groups excluding carboxylic acids is 1. The summed E-state index contributed by atoms with van der Waals surface area (Å²) in [5, 5.41) is 14.8. The normalized spacial score (nSPS) is 16.6. The fourth-order valence-electron chi connectivity index (χ4n) is 2.77. The van der Waals surface area contributed by atoms with Crippen molar-refractivity contribution in [2.24, 2.45) is 0 Å². The third-order valence-electron chi connectivity index (χ3n) is 3.90. The number of hydrogen-bond donors (Lipinski definition) is 3. The SMILES string of the molecule is CCOc1ccccc1NC(=O)NC1(C(=O)O)CCCCC1. The van der Waals surface area contributed by atoms with Crippen molar-refractivity contribution >= 4 is 17.7 Å². The zero-order valence-corrected chi connectivity index (χ0v) is 12.7. The first kappa shape index (κ1) is 16.1. The summed E-state index contributed by atoms with van der Waals surface area (Å²) in [6.45, 7) is 2.34. The molecule has 120 valence electrons. The van der Waals surface area contributed by atoms with Crippen molar-refractivity contribution in [1.82, 2.24) is 5.32 Å². The van der Waals surface area contributed by atoms with E-state index in [1.54, 1.807) is 18.2 Å². The van der Waals surface area contributed by atoms with Crippen LogP contribution in [0.25, 0.3) is 0 Å². The number of rotatable bonds is 5. The zero-order valence-electron chi connectivity index (χ0n) is 12.7. The van der Waals surface area contributed by atoms with E-state index >= 15 is 0 Å². The smallest absolute Gasteiger partial charge is 0.329 e. The Morgan fingerprint density at radius 1 is 1.23 bits per heavy atom. The Hall–Kier alpha value is -2.24. The summed E-state index contributed by atoms with van der Waals surface area (Å²) in [6, 6.07) is 6.56. The highest BCUT2D eigenvalue weighted by Crippen LogP contribution is 2.29. The van der Waals surface area contributed by atoms with Gasteiger partial charge in [0.25, 0.3) is 0 Å². The van der Waals surface area contributed by atoms with Crippen LogP contribution in [0, 0.1) is 0 Å². The van der Waals surface area contributed by atoms with E-state index in [0.29, 0.717) is 30.9 Å². The van der Waals surface area contributed by atoms with E-state index in [9.17, 15) is 14.7 Å². The Labute approximate surface area is 129 Å². The third kappa shape index (κ3) is 3.69. The summed E-state index contributed by atoms with van der Waals surface area (Å²) in [5.74, 6) is -0.409. The lowest BCUT2D eigenvalue weighted by molar-refractivity contribution is -0.145. The highest BCUT2D eigenvalue weighted by atomic mass is 16.5. The molecule has 1 aromatic rings. The van der Waals surface area contributed by atoms with Crippen LogP contribution < -0.4 is 15.4 Å². The molecule has 0 saturated heterocycles. The first-order valence-corrected chi connectivity index (χ1v) is 7.62. The number of hydrogen-bond acceptors (Lipinski definition) is 3. The van der Waals surface area contributed by atoms with Gasteiger partial charge in [-0.2, -0.15) is 0 Å². The van der Waals surface area contributed by atoms with Crippen molar-refractivity contribution in [3.63, 3.8) is 0 Å². The minimum atomic E-state index is -1.16. The Bertz CT molecular complexity index is 539. The molecular formula is C16H22N2O4. The van der Waals surface area contributed by atoms with Crippen LogP contribution in [-0.4, -0.2) is 29.3 Å². The molecule has 1 aliphatic rings. The van der Waals surface area contributed by atoms with Crippen LogP contribution in [0.4, 0.5) is 10.5 Å². The summed E-state index contributed by atoms with van der Waals surface area (Å²) < 4.78 is 5.44. The Balaban J connectivity index is 2.07. The molecule has 22 heavy (non-hydrogen) atoms. The minimum Gasteiger partial charge on any atom is -0.492 e. The fourth-order valence-corrected chi connectivity index (χ4v) is 2.77. The number of carboxylic acid groups (broad SMARTS) is 1. The van der Waals surface area contributed by atoms with E-state index in [4.69, 9.17) is 4.74 Å². The molecule has 0 aromatic heterocycles. The molecule has 0 bridgehead atoms. The third-order valence-corrected chi connectivity index (χ3v) is 3.90. The highest BCUT2D eigenvalue weighted by Gasteiger charge is 2.41. The van der Waals surface area contributed by atoms with Crippen molar-refractivity contribution < 1.29 is 19.4 Å². The highest BCUT2D eigenvalue weighted by molar-refractivity contribution is 5.95. The average molecular weight is 306 g/mol. The van der Waals surface area contributed by atoms with Gasteiger partial charge in [-0.3, -0.25) is 0 Å². The number of nitrogens with one attached hydrogen (secondary N) is 2. The zero-order chi connectivity index (χ0) is 16.0. The van der Waals surface area contributed by atoms with Gasteiger partial charge < -0.3 is 20.5 Å². The van der Waals surface area contributed by atoms with Crippen LogP contribution in [-0.2, 0) is 4.79 Å². The largest absolute Gasteiger partial charge is 0.492 e. The molecule has 1 saturated carbocycles. The molecule has 6 heteroatoms. The molecule has 0 aliphatic heterocycles. The van der Waals surface area contributed by atoms with Gasteiger partial charge in [0.15, 0.2) is 0 Å². The second-order valence-corrected chi connectivity index (χ2v) is 5.46. The number of aliphatic carboxylic acids is 1. The number of urea groups is 1. The van der Waals surface area contributed by atoms with E-state index in [1.165, 1.54) is 0 Å². The van der Waals surface area contributed by atoms with Gasteiger partial charge in [-0.1, -0.05) is 31.4 Å². The number of anilines is 1. The van der Waals surface area contributed by atoms with Crippen molar-refractivity contribution in [2.45, 2.75) is 44.6 Å². The van der Waals surface area contributed by atoms with E-state index in [1.807, 2.05) is 13.0 Å². The molecule has 0 atom stereocenters. The van der Waals surface area contributed by atoms with Crippen LogP contribution in [0.5, 0.6) is 5.75 Å². The van der Waals surface area contributed by atoms with E-state index in [2.05, 4.69) is 10.6 Å². The maximum absolute atomic E-state index is 12.2. The molecular weight excluding hydrogens is 284 g/mol. The van der Waals surface area contributed by atoms with Crippen molar-refractivity contribution in [2.75, 3.05) is 11.9 Å². The summed E-state index contributed by atoms with van der Waals surface area (Å²) in [4.78, 5) is 23.8. The number of carboxylic acids is 1. The standard InChI is InChI=1S/C16H22N2O4/c1-2-22-13-9-5-4-8-12(13)17-15(21)18-16(14(19)20)10-6-3-7-11-16/h4-5,8-9H,2-3,6-7,10-11H2,1H3,(H,19,20)(H2,17,18,21). The van der Waals surface area contributed by atoms with Gasteiger partial charge in [-0.25, -0.2) is 9.59 Å². The van der Waals surface area contributed by atoms with Gasteiger partial charge in [-0.15, -0.1) is 0 Å². The molecule has 2 rings (SSSR count). The first-order valence-electron chi connectivity index (χ1n) is 7.62. The van der Waals surface area contributed by atoms with Crippen LogP contribution >= 0.6 is 0 Å².